The molecule has 0 aliphatic rings. The second-order valence-corrected chi connectivity index (χ2v) is 5.42. The number of anilines is 1. The zero-order valence-electron chi connectivity index (χ0n) is 11.3. The van der Waals surface area contributed by atoms with Crippen molar-refractivity contribution >= 4 is 21.6 Å². The van der Waals surface area contributed by atoms with Crippen molar-refractivity contribution in [2.24, 2.45) is 5.41 Å². The van der Waals surface area contributed by atoms with E-state index in [2.05, 4.69) is 35.1 Å². The standard InChI is InChI=1S/C14H22BrNO2/c1-4-14(5-2,10-17)9-16-11-6-7-12(15)13(8-11)18-3/h6-8,16-17H,4-5,9-10H2,1-3H3. The summed E-state index contributed by atoms with van der Waals surface area (Å²) in [6, 6.07) is 5.91. The van der Waals surface area contributed by atoms with Crippen molar-refractivity contribution in [1.82, 2.24) is 0 Å². The fraction of sp³-hybridized carbons (Fsp3) is 0.571. The molecule has 1 rings (SSSR count). The van der Waals surface area contributed by atoms with E-state index >= 15 is 0 Å². The maximum atomic E-state index is 9.53. The predicted molar refractivity (Wildman–Crippen MR) is 79.3 cm³/mol. The third-order valence-electron chi connectivity index (χ3n) is 3.65. The van der Waals surface area contributed by atoms with Crippen LogP contribution in [0, 0.1) is 5.41 Å². The van der Waals surface area contributed by atoms with E-state index in [9.17, 15) is 5.11 Å². The molecular weight excluding hydrogens is 294 g/mol. The molecule has 0 heterocycles. The van der Waals surface area contributed by atoms with Gasteiger partial charge in [-0.2, -0.15) is 0 Å². The average molecular weight is 316 g/mol. The largest absolute Gasteiger partial charge is 0.495 e. The molecule has 0 amide bonds. The number of nitrogens with one attached hydrogen (secondary N) is 1. The van der Waals surface area contributed by atoms with Gasteiger partial charge in [0, 0.05) is 23.7 Å². The van der Waals surface area contributed by atoms with Crippen LogP contribution in [0.4, 0.5) is 5.69 Å². The Kier molecular flexibility index (Phi) is 5.96. The minimum absolute atomic E-state index is 0.0414. The number of ether oxygens (including phenoxy) is 1. The first-order valence-electron chi connectivity index (χ1n) is 6.29. The summed E-state index contributed by atoms with van der Waals surface area (Å²) < 4.78 is 6.20. The molecule has 2 N–H and O–H groups in total. The van der Waals surface area contributed by atoms with E-state index < -0.39 is 0 Å². The van der Waals surface area contributed by atoms with Gasteiger partial charge in [-0.3, -0.25) is 0 Å². The maximum absolute atomic E-state index is 9.53. The van der Waals surface area contributed by atoms with Gasteiger partial charge >= 0.3 is 0 Å². The van der Waals surface area contributed by atoms with Gasteiger partial charge in [0.05, 0.1) is 18.2 Å². The number of benzene rings is 1. The van der Waals surface area contributed by atoms with Crippen LogP contribution >= 0.6 is 15.9 Å². The highest BCUT2D eigenvalue weighted by atomic mass is 79.9. The minimum atomic E-state index is -0.0414. The summed E-state index contributed by atoms with van der Waals surface area (Å²) in [7, 11) is 1.65. The first-order valence-corrected chi connectivity index (χ1v) is 7.08. The molecule has 0 atom stereocenters. The molecule has 18 heavy (non-hydrogen) atoms. The molecule has 102 valence electrons. The zero-order chi connectivity index (χ0) is 13.6. The number of hydrogen-bond acceptors (Lipinski definition) is 3. The van der Waals surface area contributed by atoms with E-state index in [0.29, 0.717) is 0 Å². The Labute approximate surface area is 118 Å². The normalized spacial score (nSPS) is 11.4. The van der Waals surface area contributed by atoms with Crippen LogP contribution < -0.4 is 10.1 Å². The summed E-state index contributed by atoms with van der Waals surface area (Å²) in [5.74, 6) is 0.808. The topological polar surface area (TPSA) is 41.5 Å². The predicted octanol–water partition coefficient (Wildman–Crippen LogP) is 3.67. The summed E-state index contributed by atoms with van der Waals surface area (Å²) in [5, 5.41) is 12.9. The van der Waals surface area contributed by atoms with Crippen LogP contribution in [0.1, 0.15) is 26.7 Å². The van der Waals surface area contributed by atoms with Crippen molar-refractivity contribution in [2.45, 2.75) is 26.7 Å². The van der Waals surface area contributed by atoms with Crippen LogP contribution in [0.25, 0.3) is 0 Å². The third kappa shape index (κ3) is 3.62. The van der Waals surface area contributed by atoms with Gasteiger partial charge in [-0.05, 0) is 40.9 Å². The van der Waals surface area contributed by atoms with Crippen LogP contribution in [-0.2, 0) is 0 Å². The summed E-state index contributed by atoms with van der Waals surface area (Å²) >= 11 is 3.43. The maximum Gasteiger partial charge on any atom is 0.135 e. The van der Waals surface area contributed by atoms with Crippen LogP contribution in [-0.4, -0.2) is 25.4 Å². The molecule has 1 aromatic rings. The Morgan fingerprint density at radius 1 is 1.33 bits per heavy atom. The lowest BCUT2D eigenvalue weighted by Crippen LogP contribution is -2.32. The molecule has 4 heteroatoms. The summed E-state index contributed by atoms with van der Waals surface area (Å²) in [5.41, 5.74) is 0.968. The quantitative estimate of drug-likeness (QED) is 0.806. The lowest BCUT2D eigenvalue weighted by Gasteiger charge is -2.30. The molecule has 0 unspecified atom stereocenters. The van der Waals surface area contributed by atoms with Crippen LogP contribution in [0.2, 0.25) is 0 Å². The Morgan fingerprint density at radius 3 is 2.50 bits per heavy atom. The van der Waals surface area contributed by atoms with E-state index in [-0.39, 0.29) is 12.0 Å². The summed E-state index contributed by atoms with van der Waals surface area (Å²) in [6.07, 6.45) is 1.92. The van der Waals surface area contributed by atoms with Gasteiger partial charge in [0.1, 0.15) is 5.75 Å². The lowest BCUT2D eigenvalue weighted by atomic mass is 9.83. The molecule has 0 bridgehead atoms. The van der Waals surface area contributed by atoms with Crippen molar-refractivity contribution in [3.8, 4) is 5.75 Å². The number of hydrogen-bond donors (Lipinski definition) is 2. The van der Waals surface area contributed by atoms with Crippen molar-refractivity contribution in [1.29, 1.82) is 0 Å². The molecule has 0 fully saturated rings. The van der Waals surface area contributed by atoms with E-state index in [1.807, 2.05) is 18.2 Å². The smallest absolute Gasteiger partial charge is 0.135 e. The second kappa shape index (κ2) is 7.00. The lowest BCUT2D eigenvalue weighted by molar-refractivity contribution is 0.127. The molecule has 1 aromatic carbocycles. The molecule has 0 saturated heterocycles. The Bertz CT molecular complexity index is 370. The molecule has 0 aromatic heterocycles. The van der Waals surface area contributed by atoms with Gasteiger partial charge in [-0.15, -0.1) is 0 Å². The van der Waals surface area contributed by atoms with Crippen molar-refractivity contribution in [3.63, 3.8) is 0 Å². The first kappa shape index (κ1) is 15.3. The molecule has 0 saturated carbocycles. The summed E-state index contributed by atoms with van der Waals surface area (Å²) in [6.45, 7) is 5.20. The Morgan fingerprint density at radius 2 is 2.00 bits per heavy atom. The molecule has 3 nitrogen and oxygen atoms in total. The Balaban J connectivity index is 2.73. The van der Waals surface area contributed by atoms with Crippen molar-refractivity contribution in [2.75, 3.05) is 25.6 Å². The highest BCUT2D eigenvalue weighted by Gasteiger charge is 2.24. The highest BCUT2D eigenvalue weighted by molar-refractivity contribution is 9.10. The SMILES string of the molecule is CCC(CC)(CO)CNc1ccc(Br)c(OC)c1. The van der Waals surface area contributed by atoms with Crippen LogP contribution in [0.3, 0.4) is 0 Å². The average Bonchev–Trinajstić information content (AvgIpc) is 2.42. The van der Waals surface area contributed by atoms with Gasteiger partial charge in [0.15, 0.2) is 0 Å². The number of halogens is 1. The molecule has 0 spiro atoms. The number of aliphatic hydroxyl groups excluding tert-OH is 1. The van der Waals surface area contributed by atoms with Crippen LogP contribution in [0.5, 0.6) is 5.75 Å². The van der Waals surface area contributed by atoms with E-state index in [0.717, 1.165) is 35.3 Å². The second-order valence-electron chi connectivity index (χ2n) is 4.57. The van der Waals surface area contributed by atoms with Gasteiger partial charge in [0.25, 0.3) is 0 Å². The zero-order valence-corrected chi connectivity index (χ0v) is 12.9. The highest BCUT2D eigenvalue weighted by Crippen LogP contribution is 2.30. The minimum Gasteiger partial charge on any atom is -0.495 e. The van der Waals surface area contributed by atoms with E-state index in [1.165, 1.54) is 0 Å². The number of aliphatic hydroxyl groups is 1. The number of methoxy groups -OCH3 is 1. The van der Waals surface area contributed by atoms with Crippen molar-refractivity contribution < 1.29 is 9.84 Å². The van der Waals surface area contributed by atoms with Gasteiger partial charge < -0.3 is 15.2 Å². The fourth-order valence-corrected chi connectivity index (χ4v) is 2.25. The first-order chi connectivity index (χ1) is 8.60. The Hall–Kier alpha value is -0.740. The molecule has 0 aliphatic carbocycles. The monoisotopic (exact) mass is 315 g/mol. The summed E-state index contributed by atoms with van der Waals surface area (Å²) in [4.78, 5) is 0. The molecular formula is C14H22BrNO2. The third-order valence-corrected chi connectivity index (χ3v) is 4.31. The van der Waals surface area contributed by atoms with Gasteiger partial charge in [-0.1, -0.05) is 13.8 Å². The van der Waals surface area contributed by atoms with E-state index in [4.69, 9.17) is 4.74 Å². The van der Waals surface area contributed by atoms with Gasteiger partial charge in [0.2, 0.25) is 0 Å². The molecule has 0 aliphatic heterocycles. The number of rotatable bonds is 7. The van der Waals surface area contributed by atoms with Gasteiger partial charge in [-0.25, -0.2) is 0 Å². The fourth-order valence-electron chi connectivity index (χ4n) is 1.84. The van der Waals surface area contributed by atoms with E-state index in [1.54, 1.807) is 7.11 Å². The van der Waals surface area contributed by atoms with Crippen LogP contribution in [0.15, 0.2) is 22.7 Å². The molecule has 0 radical (unpaired) electrons. The van der Waals surface area contributed by atoms with Crippen molar-refractivity contribution in [3.05, 3.63) is 22.7 Å².